The van der Waals surface area contributed by atoms with Gasteiger partial charge in [-0.2, -0.15) is 4.98 Å². The van der Waals surface area contributed by atoms with E-state index in [-0.39, 0.29) is 18.3 Å². The lowest BCUT2D eigenvalue weighted by Gasteiger charge is -2.20. The van der Waals surface area contributed by atoms with Gasteiger partial charge in [0, 0.05) is 31.5 Å². The van der Waals surface area contributed by atoms with Crippen LogP contribution in [0.4, 0.5) is 0 Å². The normalized spacial score (nSPS) is 21.6. The molecule has 0 bridgehead atoms. The topological polar surface area (TPSA) is 71.3 Å². The zero-order valence-corrected chi connectivity index (χ0v) is 18.1. The number of hydrogen-bond acceptors (Lipinski definition) is 5. The molecule has 7 heteroatoms. The van der Waals surface area contributed by atoms with Gasteiger partial charge >= 0.3 is 0 Å². The number of carbonyl (C=O) groups excluding carboxylic acids is 1. The number of amides is 1. The summed E-state index contributed by atoms with van der Waals surface area (Å²) in [6, 6.07) is 8.25. The minimum atomic E-state index is 0. The lowest BCUT2D eigenvalue weighted by Crippen LogP contribution is -2.32. The van der Waals surface area contributed by atoms with Gasteiger partial charge in [0.25, 0.3) is 0 Å². The van der Waals surface area contributed by atoms with Gasteiger partial charge in [-0.25, -0.2) is 0 Å². The number of fused-ring (bicyclic) bond motifs is 1. The number of aryl methyl sites for hydroxylation is 1. The van der Waals surface area contributed by atoms with Crippen LogP contribution in [0.15, 0.2) is 28.8 Å². The highest BCUT2D eigenvalue weighted by molar-refractivity contribution is 5.85. The van der Waals surface area contributed by atoms with Crippen molar-refractivity contribution in [2.45, 2.75) is 45.4 Å². The molecule has 1 amide bonds. The van der Waals surface area contributed by atoms with E-state index in [1.807, 2.05) is 17.0 Å². The molecule has 6 nitrogen and oxygen atoms in total. The fourth-order valence-corrected chi connectivity index (χ4v) is 4.33. The summed E-state index contributed by atoms with van der Waals surface area (Å²) >= 11 is 0. The number of carbonyl (C=O) groups is 1. The number of hydrogen-bond donors (Lipinski definition) is 1. The average Bonchev–Trinajstić information content (AvgIpc) is 3.32. The number of halogens is 1. The van der Waals surface area contributed by atoms with Gasteiger partial charge in [0.2, 0.25) is 17.6 Å². The molecule has 0 spiro atoms. The van der Waals surface area contributed by atoms with E-state index in [1.54, 1.807) is 0 Å². The number of nitrogens with one attached hydrogen (secondary N) is 1. The largest absolute Gasteiger partial charge is 0.343 e. The van der Waals surface area contributed by atoms with Gasteiger partial charge in [-0.15, -0.1) is 12.4 Å². The second-order valence-electron chi connectivity index (χ2n) is 8.42. The third kappa shape index (κ3) is 5.17. The van der Waals surface area contributed by atoms with Crippen molar-refractivity contribution in [2.24, 2.45) is 11.8 Å². The predicted octanol–water partition coefficient (Wildman–Crippen LogP) is 3.67. The molecule has 0 radical (unpaired) electrons. The maximum atomic E-state index is 12.6. The number of aromatic nitrogens is 2. The molecule has 0 saturated carbocycles. The molecular weight excluding hydrogens is 388 g/mol. The monoisotopic (exact) mass is 418 g/mol. The smallest absolute Gasteiger partial charge is 0.227 e. The number of rotatable bonds is 5. The maximum Gasteiger partial charge on any atom is 0.227 e. The Kier molecular flexibility index (Phi) is 7.30. The molecule has 29 heavy (non-hydrogen) atoms. The van der Waals surface area contributed by atoms with Crippen LogP contribution >= 0.6 is 12.4 Å². The first kappa shape index (κ1) is 21.8. The fraction of sp³-hybridized carbons (Fsp3) is 0.591. The Hall–Kier alpha value is -1.92. The Bertz CT molecular complexity index is 791. The van der Waals surface area contributed by atoms with Crippen molar-refractivity contribution in [1.82, 2.24) is 20.4 Å². The summed E-state index contributed by atoms with van der Waals surface area (Å²) in [7, 11) is 0. The average molecular weight is 419 g/mol. The van der Waals surface area contributed by atoms with Crippen LogP contribution in [0, 0.1) is 11.8 Å². The molecule has 2 fully saturated rings. The van der Waals surface area contributed by atoms with Crippen molar-refractivity contribution in [3.63, 3.8) is 0 Å². The van der Waals surface area contributed by atoms with Gasteiger partial charge in [-0.1, -0.05) is 43.3 Å². The second kappa shape index (κ2) is 9.72. The molecule has 2 atom stereocenters. The van der Waals surface area contributed by atoms with Crippen LogP contribution < -0.4 is 5.32 Å². The number of benzene rings is 1. The van der Waals surface area contributed by atoms with E-state index in [0.717, 1.165) is 56.4 Å². The summed E-state index contributed by atoms with van der Waals surface area (Å²) < 4.78 is 5.38. The zero-order chi connectivity index (χ0) is 19.5. The Morgan fingerprint density at radius 2 is 1.83 bits per heavy atom. The molecule has 2 saturated heterocycles. The lowest BCUT2D eigenvalue weighted by atomic mass is 9.92. The van der Waals surface area contributed by atoms with Crippen molar-refractivity contribution in [3.8, 4) is 11.4 Å². The van der Waals surface area contributed by atoms with Crippen LogP contribution in [0.25, 0.3) is 11.4 Å². The molecule has 2 aromatic rings. The van der Waals surface area contributed by atoms with E-state index in [0.29, 0.717) is 30.5 Å². The molecule has 1 N–H and O–H groups in total. The maximum absolute atomic E-state index is 12.6. The predicted molar refractivity (Wildman–Crippen MR) is 115 cm³/mol. The van der Waals surface area contributed by atoms with Gasteiger partial charge in [-0.3, -0.25) is 4.79 Å². The van der Waals surface area contributed by atoms with Crippen LogP contribution in [0.3, 0.4) is 0 Å². The SMILES string of the molecule is CC(C)c1ccc(-c2noc(CCC(=O)N3CC[C@@H]4CNC[C@@H]4CC3)n2)cc1.Cl. The quantitative estimate of drug-likeness (QED) is 0.802. The van der Waals surface area contributed by atoms with Crippen LogP contribution in [0.2, 0.25) is 0 Å². The van der Waals surface area contributed by atoms with Crippen LogP contribution in [-0.4, -0.2) is 47.1 Å². The fourth-order valence-electron chi connectivity index (χ4n) is 4.33. The molecule has 4 rings (SSSR count). The molecule has 1 aromatic heterocycles. The minimum Gasteiger partial charge on any atom is -0.343 e. The molecule has 0 unspecified atom stereocenters. The van der Waals surface area contributed by atoms with Gasteiger partial charge in [0.1, 0.15) is 0 Å². The van der Waals surface area contributed by atoms with Crippen molar-refractivity contribution >= 4 is 18.3 Å². The Labute approximate surface area is 178 Å². The third-order valence-corrected chi connectivity index (χ3v) is 6.23. The van der Waals surface area contributed by atoms with E-state index >= 15 is 0 Å². The molecule has 0 aliphatic carbocycles. The summed E-state index contributed by atoms with van der Waals surface area (Å²) in [5.41, 5.74) is 2.23. The number of likely N-dealkylation sites (tertiary alicyclic amines) is 1. The van der Waals surface area contributed by atoms with Gasteiger partial charge in [0.05, 0.1) is 0 Å². The molecule has 3 heterocycles. The highest BCUT2D eigenvalue weighted by Crippen LogP contribution is 2.27. The first-order valence-electron chi connectivity index (χ1n) is 10.5. The highest BCUT2D eigenvalue weighted by atomic mass is 35.5. The Balaban J connectivity index is 0.00000240. The van der Waals surface area contributed by atoms with E-state index in [9.17, 15) is 4.79 Å². The Morgan fingerprint density at radius 3 is 2.45 bits per heavy atom. The van der Waals surface area contributed by atoms with Crippen molar-refractivity contribution in [2.75, 3.05) is 26.2 Å². The zero-order valence-electron chi connectivity index (χ0n) is 17.3. The summed E-state index contributed by atoms with van der Waals surface area (Å²) in [5.74, 6) is 3.29. The molecular formula is C22H31ClN4O2. The summed E-state index contributed by atoms with van der Waals surface area (Å²) in [6.07, 6.45) is 3.16. The van der Waals surface area contributed by atoms with E-state index in [2.05, 4.69) is 41.4 Å². The molecule has 2 aliphatic rings. The van der Waals surface area contributed by atoms with E-state index in [4.69, 9.17) is 4.52 Å². The number of nitrogens with zero attached hydrogens (tertiary/aromatic N) is 3. The Morgan fingerprint density at radius 1 is 1.17 bits per heavy atom. The molecule has 158 valence electrons. The second-order valence-corrected chi connectivity index (χ2v) is 8.42. The lowest BCUT2D eigenvalue weighted by molar-refractivity contribution is -0.131. The summed E-state index contributed by atoms with van der Waals surface area (Å²) in [5, 5.41) is 7.56. The standard InChI is InChI=1S/C22H30N4O2.ClH/c1-15(2)16-3-5-17(6-4-16)22-24-20(28-25-22)7-8-21(27)26-11-9-18-13-23-14-19(18)10-12-26;/h3-6,15,18-19,23H,7-14H2,1-2H3;1H/t18-,19+;. The molecule has 1 aromatic carbocycles. The van der Waals surface area contributed by atoms with Gasteiger partial charge in [0.15, 0.2) is 0 Å². The van der Waals surface area contributed by atoms with Crippen LogP contribution in [0.1, 0.15) is 50.5 Å². The van der Waals surface area contributed by atoms with Crippen LogP contribution in [0.5, 0.6) is 0 Å². The van der Waals surface area contributed by atoms with E-state index < -0.39 is 0 Å². The van der Waals surface area contributed by atoms with Gasteiger partial charge < -0.3 is 14.7 Å². The van der Waals surface area contributed by atoms with Crippen molar-refractivity contribution in [3.05, 3.63) is 35.7 Å². The third-order valence-electron chi connectivity index (χ3n) is 6.23. The van der Waals surface area contributed by atoms with Crippen molar-refractivity contribution < 1.29 is 9.32 Å². The summed E-state index contributed by atoms with van der Waals surface area (Å²) in [6.45, 7) is 8.31. The molecule has 2 aliphatic heterocycles. The van der Waals surface area contributed by atoms with E-state index in [1.165, 1.54) is 5.56 Å². The summed E-state index contributed by atoms with van der Waals surface area (Å²) in [4.78, 5) is 19.2. The van der Waals surface area contributed by atoms with Gasteiger partial charge in [-0.05, 0) is 49.2 Å². The highest BCUT2D eigenvalue weighted by Gasteiger charge is 2.31. The first-order chi connectivity index (χ1) is 13.6. The minimum absolute atomic E-state index is 0. The van der Waals surface area contributed by atoms with Crippen molar-refractivity contribution in [1.29, 1.82) is 0 Å². The van der Waals surface area contributed by atoms with Crippen LogP contribution in [-0.2, 0) is 11.2 Å². The first-order valence-corrected chi connectivity index (χ1v) is 10.5.